The maximum Gasteiger partial charge on any atom is 0.224 e. The van der Waals surface area contributed by atoms with Crippen LogP contribution >= 0.6 is 12.4 Å². The van der Waals surface area contributed by atoms with Gasteiger partial charge in [-0.2, -0.15) is 0 Å². The molecule has 1 aromatic rings. The van der Waals surface area contributed by atoms with Gasteiger partial charge < -0.3 is 11.1 Å². The fraction of sp³-hybridized carbons (Fsp3) is 0.650. The van der Waals surface area contributed by atoms with E-state index in [4.69, 9.17) is 5.73 Å². The maximum absolute atomic E-state index is 12.8. The van der Waals surface area contributed by atoms with Gasteiger partial charge in [0.05, 0.1) is 11.7 Å². The van der Waals surface area contributed by atoms with Gasteiger partial charge in [0.25, 0.3) is 0 Å². The topological polar surface area (TPSA) is 92.5 Å². The Kier molecular flexibility index (Phi) is 8.74. The quantitative estimate of drug-likeness (QED) is 0.725. The summed E-state index contributed by atoms with van der Waals surface area (Å²) in [5.41, 5.74) is 6.64. The third kappa shape index (κ3) is 5.92. The Labute approximate surface area is 174 Å². The largest absolute Gasteiger partial charge is 0.353 e. The predicted molar refractivity (Wildman–Crippen MR) is 114 cm³/mol. The van der Waals surface area contributed by atoms with Gasteiger partial charge >= 0.3 is 0 Å². The number of halogens is 1. The number of carbonyl (C=O) groups excluding carboxylic acids is 1. The van der Waals surface area contributed by atoms with Crippen LogP contribution in [0.15, 0.2) is 30.3 Å². The van der Waals surface area contributed by atoms with Crippen molar-refractivity contribution in [1.82, 2.24) is 9.62 Å². The summed E-state index contributed by atoms with van der Waals surface area (Å²) < 4.78 is 27.1. The number of amides is 1. The van der Waals surface area contributed by atoms with E-state index in [1.54, 1.807) is 0 Å². The highest BCUT2D eigenvalue weighted by molar-refractivity contribution is 7.88. The van der Waals surface area contributed by atoms with E-state index in [1.165, 1.54) is 10.7 Å². The Balaban J connectivity index is 0.00000280. The van der Waals surface area contributed by atoms with Crippen LogP contribution in [0.25, 0.3) is 0 Å². The lowest BCUT2D eigenvalue weighted by Gasteiger charge is -2.35. The van der Waals surface area contributed by atoms with Crippen molar-refractivity contribution < 1.29 is 13.2 Å². The van der Waals surface area contributed by atoms with Crippen LogP contribution in [0.4, 0.5) is 0 Å². The van der Waals surface area contributed by atoms with Gasteiger partial charge in [0.15, 0.2) is 0 Å². The fourth-order valence-corrected chi connectivity index (χ4v) is 5.88. The molecule has 0 bridgehead atoms. The summed E-state index contributed by atoms with van der Waals surface area (Å²) in [4.78, 5) is 12.8. The number of hydrogen-bond donors (Lipinski definition) is 2. The second-order valence-corrected chi connectivity index (χ2v) is 9.80. The standard InChI is InChI=1S/C20H31N3O3S.ClH/c21-13-17-9-4-5-11-19(17)22-20(24)18-10-6-12-23(14-18)27(25,26)15-16-7-2-1-3-8-16;/h1-3,7-8,17-19H,4-6,9-15,21H2,(H,22,24);1H. The van der Waals surface area contributed by atoms with Crippen molar-refractivity contribution in [3.8, 4) is 0 Å². The highest BCUT2D eigenvalue weighted by atomic mass is 35.5. The SMILES string of the molecule is Cl.NCC1CCCCC1NC(=O)C1CCCN(S(=O)(=O)Cc2ccccc2)C1. The van der Waals surface area contributed by atoms with Gasteiger partial charge in [0.2, 0.25) is 15.9 Å². The summed E-state index contributed by atoms with van der Waals surface area (Å²) in [5, 5.41) is 3.17. The summed E-state index contributed by atoms with van der Waals surface area (Å²) in [5.74, 6) is 0.0360. The molecule has 1 saturated heterocycles. The minimum atomic E-state index is -3.42. The van der Waals surface area contributed by atoms with Gasteiger partial charge in [-0.25, -0.2) is 12.7 Å². The average molecular weight is 430 g/mol. The number of benzene rings is 1. The molecule has 3 rings (SSSR count). The molecule has 3 atom stereocenters. The first kappa shape index (κ1) is 23.1. The number of nitrogens with one attached hydrogen (secondary N) is 1. The molecule has 8 heteroatoms. The first-order valence-corrected chi connectivity index (χ1v) is 11.6. The summed E-state index contributed by atoms with van der Waals surface area (Å²) in [6.07, 6.45) is 5.77. The molecule has 1 aliphatic heterocycles. The lowest BCUT2D eigenvalue weighted by molar-refractivity contribution is -0.127. The average Bonchev–Trinajstić information content (AvgIpc) is 2.69. The van der Waals surface area contributed by atoms with E-state index >= 15 is 0 Å². The Morgan fingerprint density at radius 2 is 1.82 bits per heavy atom. The maximum atomic E-state index is 12.8. The number of carbonyl (C=O) groups is 1. The van der Waals surface area contributed by atoms with Gasteiger partial charge in [-0.3, -0.25) is 4.79 Å². The Morgan fingerprint density at radius 1 is 1.11 bits per heavy atom. The molecule has 3 unspecified atom stereocenters. The van der Waals surface area contributed by atoms with Crippen LogP contribution in [0.3, 0.4) is 0 Å². The Morgan fingerprint density at radius 3 is 2.54 bits per heavy atom. The number of sulfonamides is 1. The molecule has 158 valence electrons. The molecule has 1 saturated carbocycles. The second kappa shape index (κ2) is 10.6. The Bertz CT molecular complexity index is 729. The highest BCUT2D eigenvalue weighted by Crippen LogP contribution is 2.26. The smallest absolute Gasteiger partial charge is 0.224 e. The zero-order chi connectivity index (χ0) is 19.3. The van der Waals surface area contributed by atoms with Crippen LogP contribution in [0.1, 0.15) is 44.1 Å². The molecule has 2 fully saturated rings. The number of hydrogen-bond acceptors (Lipinski definition) is 4. The first-order chi connectivity index (χ1) is 13.0. The zero-order valence-electron chi connectivity index (χ0n) is 16.3. The molecular weight excluding hydrogens is 398 g/mol. The van der Waals surface area contributed by atoms with Crippen molar-refractivity contribution >= 4 is 28.3 Å². The third-order valence-electron chi connectivity index (χ3n) is 5.88. The lowest BCUT2D eigenvalue weighted by Crippen LogP contribution is -2.50. The molecule has 28 heavy (non-hydrogen) atoms. The molecule has 1 heterocycles. The van der Waals surface area contributed by atoms with Gasteiger partial charge in [-0.15, -0.1) is 12.4 Å². The van der Waals surface area contributed by atoms with Crippen molar-refractivity contribution in [3.63, 3.8) is 0 Å². The normalized spacial score (nSPS) is 26.2. The zero-order valence-corrected chi connectivity index (χ0v) is 17.9. The van der Waals surface area contributed by atoms with Crippen molar-refractivity contribution in [2.24, 2.45) is 17.6 Å². The lowest BCUT2D eigenvalue weighted by atomic mass is 9.84. The van der Waals surface area contributed by atoms with E-state index in [0.29, 0.717) is 19.0 Å². The molecule has 6 nitrogen and oxygen atoms in total. The molecule has 0 spiro atoms. The monoisotopic (exact) mass is 429 g/mol. The number of nitrogens with two attached hydrogens (primary N) is 1. The summed E-state index contributed by atoms with van der Waals surface area (Å²) in [7, 11) is -3.42. The third-order valence-corrected chi connectivity index (χ3v) is 7.70. The molecule has 1 amide bonds. The molecule has 1 aliphatic carbocycles. The van der Waals surface area contributed by atoms with Crippen molar-refractivity contribution in [2.75, 3.05) is 19.6 Å². The van der Waals surface area contributed by atoms with E-state index in [1.807, 2.05) is 30.3 Å². The molecule has 1 aromatic carbocycles. The van der Waals surface area contributed by atoms with Gasteiger partial charge in [0, 0.05) is 19.1 Å². The van der Waals surface area contributed by atoms with Crippen LogP contribution in [0.5, 0.6) is 0 Å². The number of piperidine rings is 1. The van der Waals surface area contributed by atoms with E-state index in [0.717, 1.165) is 37.7 Å². The number of nitrogens with zero attached hydrogens (tertiary/aromatic N) is 1. The molecule has 2 aliphatic rings. The summed E-state index contributed by atoms with van der Waals surface area (Å²) in [6.45, 7) is 1.36. The van der Waals surface area contributed by atoms with Crippen LogP contribution in [0.2, 0.25) is 0 Å². The van der Waals surface area contributed by atoms with Crippen LogP contribution in [-0.2, 0) is 20.6 Å². The Hall–Kier alpha value is -1.15. The summed E-state index contributed by atoms with van der Waals surface area (Å²) in [6, 6.07) is 9.33. The summed E-state index contributed by atoms with van der Waals surface area (Å²) >= 11 is 0. The van der Waals surface area contributed by atoms with E-state index in [-0.39, 0.29) is 42.6 Å². The van der Waals surface area contributed by atoms with Crippen molar-refractivity contribution in [2.45, 2.75) is 50.3 Å². The van der Waals surface area contributed by atoms with Crippen LogP contribution < -0.4 is 11.1 Å². The minimum absolute atomic E-state index is 0. The fourth-order valence-electron chi connectivity index (χ4n) is 4.27. The van der Waals surface area contributed by atoms with Crippen LogP contribution in [-0.4, -0.2) is 44.3 Å². The number of rotatable bonds is 6. The van der Waals surface area contributed by atoms with Crippen LogP contribution in [0, 0.1) is 11.8 Å². The minimum Gasteiger partial charge on any atom is -0.353 e. The van der Waals surface area contributed by atoms with Gasteiger partial charge in [0.1, 0.15) is 0 Å². The molecule has 0 aromatic heterocycles. The molecule has 3 N–H and O–H groups in total. The van der Waals surface area contributed by atoms with Gasteiger partial charge in [-0.1, -0.05) is 43.2 Å². The molecule has 0 radical (unpaired) electrons. The first-order valence-electron chi connectivity index (χ1n) is 10.0. The van der Waals surface area contributed by atoms with E-state index in [2.05, 4.69) is 5.32 Å². The second-order valence-electron chi connectivity index (χ2n) is 7.83. The molecular formula is C20H32ClN3O3S. The van der Waals surface area contributed by atoms with E-state index < -0.39 is 10.0 Å². The van der Waals surface area contributed by atoms with Crippen molar-refractivity contribution in [1.29, 1.82) is 0 Å². The van der Waals surface area contributed by atoms with Crippen molar-refractivity contribution in [3.05, 3.63) is 35.9 Å². The highest BCUT2D eigenvalue weighted by Gasteiger charge is 2.34. The van der Waals surface area contributed by atoms with E-state index in [9.17, 15) is 13.2 Å². The predicted octanol–water partition coefficient (Wildman–Crippen LogP) is 2.28. The van der Waals surface area contributed by atoms with Gasteiger partial charge in [-0.05, 0) is 43.7 Å².